The topological polar surface area (TPSA) is 21.3 Å². The van der Waals surface area contributed by atoms with E-state index in [-0.39, 0.29) is 0 Å². The molecule has 0 saturated carbocycles. The molecule has 2 aliphatic rings. The summed E-state index contributed by atoms with van der Waals surface area (Å²) in [5, 5.41) is 3.31. The quantitative estimate of drug-likeness (QED) is 0.743. The molecule has 0 amide bonds. The Morgan fingerprint density at radius 2 is 2.31 bits per heavy atom. The highest BCUT2D eigenvalue weighted by Crippen LogP contribution is 2.37. The van der Waals surface area contributed by atoms with E-state index < -0.39 is 0 Å². The van der Waals surface area contributed by atoms with Crippen molar-refractivity contribution in [3.05, 3.63) is 11.6 Å². The first-order valence-electron chi connectivity index (χ1n) is 6.64. The van der Waals surface area contributed by atoms with Crippen molar-refractivity contribution in [2.45, 2.75) is 39.2 Å². The lowest BCUT2D eigenvalue weighted by atomic mass is 9.77. The van der Waals surface area contributed by atoms with Crippen LogP contribution in [0.1, 0.15) is 33.1 Å². The second kappa shape index (κ2) is 5.33. The summed E-state index contributed by atoms with van der Waals surface area (Å²) in [5.74, 6) is 2.21. The molecule has 0 aromatic carbocycles. The summed E-state index contributed by atoms with van der Waals surface area (Å²) < 4.78 is 5.99. The molecule has 4 unspecified atom stereocenters. The van der Waals surface area contributed by atoms with Gasteiger partial charge in [0, 0.05) is 19.1 Å². The Balaban J connectivity index is 1.99. The Bertz CT molecular complexity index is 261. The molecular weight excluding hydrogens is 198 g/mol. The SMILES string of the molecule is CNCC1CCOC1C1CC(C)=CC(C)C1. The highest BCUT2D eigenvalue weighted by Gasteiger charge is 2.35. The maximum atomic E-state index is 5.99. The molecule has 1 fully saturated rings. The minimum atomic E-state index is 0.499. The van der Waals surface area contributed by atoms with Crippen molar-refractivity contribution in [2.24, 2.45) is 17.8 Å². The standard InChI is InChI=1S/C14H25NO/c1-10-6-11(2)8-13(7-10)14-12(9-15-3)4-5-16-14/h6,10,12-15H,4-5,7-9H2,1-3H3. The highest BCUT2D eigenvalue weighted by atomic mass is 16.5. The first kappa shape index (κ1) is 12.1. The van der Waals surface area contributed by atoms with Gasteiger partial charge in [0.05, 0.1) is 6.10 Å². The average molecular weight is 223 g/mol. The largest absolute Gasteiger partial charge is 0.378 e. The van der Waals surface area contributed by atoms with Gasteiger partial charge in [0.25, 0.3) is 0 Å². The van der Waals surface area contributed by atoms with Gasteiger partial charge in [0.2, 0.25) is 0 Å². The van der Waals surface area contributed by atoms with E-state index in [2.05, 4.69) is 25.2 Å². The summed E-state index contributed by atoms with van der Waals surface area (Å²) in [6, 6.07) is 0. The molecular formula is C14H25NO. The van der Waals surface area contributed by atoms with Crippen LogP contribution in [0.4, 0.5) is 0 Å². The van der Waals surface area contributed by atoms with E-state index in [1.54, 1.807) is 5.57 Å². The zero-order chi connectivity index (χ0) is 11.5. The van der Waals surface area contributed by atoms with Crippen molar-refractivity contribution < 1.29 is 4.74 Å². The molecule has 0 aromatic rings. The highest BCUT2D eigenvalue weighted by molar-refractivity contribution is 5.08. The van der Waals surface area contributed by atoms with Gasteiger partial charge in [-0.1, -0.05) is 18.6 Å². The molecule has 0 spiro atoms. The predicted molar refractivity (Wildman–Crippen MR) is 67.4 cm³/mol. The second-order valence-corrected chi connectivity index (χ2v) is 5.63. The zero-order valence-electron chi connectivity index (χ0n) is 10.8. The van der Waals surface area contributed by atoms with Crippen LogP contribution in [0, 0.1) is 17.8 Å². The third-order valence-electron chi connectivity index (χ3n) is 4.02. The fourth-order valence-electron chi connectivity index (χ4n) is 3.50. The lowest BCUT2D eigenvalue weighted by Gasteiger charge is -2.32. The van der Waals surface area contributed by atoms with Crippen LogP contribution < -0.4 is 5.32 Å². The van der Waals surface area contributed by atoms with Gasteiger partial charge >= 0.3 is 0 Å². The van der Waals surface area contributed by atoms with Gasteiger partial charge in [0.1, 0.15) is 0 Å². The molecule has 4 atom stereocenters. The van der Waals surface area contributed by atoms with E-state index >= 15 is 0 Å². The predicted octanol–water partition coefficient (Wildman–Crippen LogP) is 2.60. The van der Waals surface area contributed by atoms with E-state index in [0.29, 0.717) is 6.10 Å². The van der Waals surface area contributed by atoms with E-state index in [1.165, 1.54) is 19.3 Å². The number of hydrogen-bond donors (Lipinski definition) is 1. The van der Waals surface area contributed by atoms with E-state index in [9.17, 15) is 0 Å². The summed E-state index contributed by atoms with van der Waals surface area (Å²) in [6.45, 7) is 6.67. The normalized spacial score (nSPS) is 39.8. The lowest BCUT2D eigenvalue weighted by molar-refractivity contribution is 0.0325. The smallest absolute Gasteiger partial charge is 0.0647 e. The van der Waals surface area contributed by atoms with Crippen LogP contribution in [0.2, 0.25) is 0 Å². The Morgan fingerprint density at radius 1 is 1.50 bits per heavy atom. The Labute approximate surface area is 99.4 Å². The van der Waals surface area contributed by atoms with Crippen molar-refractivity contribution in [1.29, 1.82) is 0 Å². The summed E-state index contributed by atoms with van der Waals surface area (Å²) >= 11 is 0. The molecule has 1 N–H and O–H groups in total. The molecule has 1 aliphatic carbocycles. The molecule has 0 radical (unpaired) electrons. The van der Waals surface area contributed by atoms with E-state index in [4.69, 9.17) is 4.74 Å². The number of nitrogens with one attached hydrogen (secondary N) is 1. The Morgan fingerprint density at radius 3 is 3.00 bits per heavy atom. The Hall–Kier alpha value is -0.340. The van der Waals surface area contributed by atoms with Gasteiger partial charge in [0.15, 0.2) is 0 Å². The van der Waals surface area contributed by atoms with Crippen molar-refractivity contribution >= 4 is 0 Å². The van der Waals surface area contributed by atoms with Gasteiger partial charge in [-0.2, -0.15) is 0 Å². The molecule has 92 valence electrons. The number of hydrogen-bond acceptors (Lipinski definition) is 2. The van der Waals surface area contributed by atoms with Gasteiger partial charge in [-0.3, -0.25) is 0 Å². The monoisotopic (exact) mass is 223 g/mol. The summed E-state index contributed by atoms with van der Waals surface area (Å²) in [7, 11) is 2.05. The zero-order valence-corrected chi connectivity index (χ0v) is 10.8. The minimum Gasteiger partial charge on any atom is -0.378 e. The van der Waals surface area contributed by atoms with Crippen molar-refractivity contribution in [3.63, 3.8) is 0 Å². The van der Waals surface area contributed by atoms with Crippen LogP contribution in [0.15, 0.2) is 11.6 Å². The number of ether oxygens (including phenoxy) is 1. The second-order valence-electron chi connectivity index (χ2n) is 5.63. The lowest BCUT2D eigenvalue weighted by Crippen LogP contribution is -2.34. The molecule has 1 heterocycles. The van der Waals surface area contributed by atoms with Crippen molar-refractivity contribution in [1.82, 2.24) is 5.32 Å². The van der Waals surface area contributed by atoms with Gasteiger partial charge in [-0.25, -0.2) is 0 Å². The summed E-state index contributed by atoms with van der Waals surface area (Å²) in [4.78, 5) is 0. The van der Waals surface area contributed by atoms with Crippen molar-refractivity contribution in [2.75, 3.05) is 20.2 Å². The number of allylic oxidation sites excluding steroid dienone is 2. The fraction of sp³-hybridized carbons (Fsp3) is 0.857. The van der Waals surface area contributed by atoms with Crippen LogP contribution in [0.3, 0.4) is 0 Å². The minimum absolute atomic E-state index is 0.499. The van der Waals surface area contributed by atoms with Crippen LogP contribution in [-0.4, -0.2) is 26.3 Å². The van der Waals surface area contributed by atoms with E-state index in [0.717, 1.165) is 30.9 Å². The molecule has 0 aromatic heterocycles. The third kappa shape index (κ3) is 2.67. The molecule has 0 bridgehead atoms. The van der Waals surface area contributed by atoms with Crippen molar-refractivity contribution in [3.8, 4) is 0 Å². The Kier molecular flexibility index (Phi) is 4.04. The molecule has 2 heteroatoms. The molecule has 2 nitrogen and oxygen atoms in total. The van der Waals surface area contributed by atoms with Crippen LogP contribution >= 0.6 is 0 Å². The number of rotatable bonds is 3. The summed E-state index contributed by atoms with van der Waals surface area (Å²) in [6.07, 6.45) is 6.72. The molecule has 16 heavy (non-hydrogen) atoms. The maximum Gasteiger partial charge on any atom is 0.0647 e. The first-order valence-corrected chi connectivity index (χ1v) is 6.64. The average Bonchev–Trinajstić information content (AvgIpc) is 2.65. The van der Waals surface area contributed by atoms with Crippen LogP contribution in [0.5, 0.6) is 0 Å². The third-order valence-corrected chi connectivity index (χ3v) is 4.02. The van der Waals surface area contributed by atoms with Gasteiger partial charge < -0.3 is 10.1 Å². The van der Waals surface area contributed by atoms with Gasteiger partial charge in [-0.05, 0) is 45.1 Å². The molecule has 1 saturated heterocycles. The van der Waals surface area contributed by atoms with Crippen LogP contribution in [-0.2, 0) is 4.74 Å². The van der Waals surface area contributed by atoms with Gasteiger partial charge in [-0.15, -0.1) is 0 Å². The first-order chi connectivity index (χ1) is 7.70. The van der Waals surface area contributed by atoms with Crippen LogP contribution in [0.25, 0.3) is 0 Å². The van der Waals surface area contributed by atoms with E-state index in [1.807, 2.05) is 7.05 Å². The summed E-state index contributed by atoms with van der Waals surface area (Å²) in [5.41, 5.74) is 1.56. The molecule has 2 rings (SSSR count). The maximum absolute atomic E-state index is 5.99. The molecule has 1 aliphatic heterocycles. The fourth-order valence-corrected chi connectivity index (χ4v) is 3.50.